The Balaban J connectivity index is 1.83. The Kier molecular flexibility index (Phi) is 6.12. The Morgan fingerprint density at radius 3 is 2.15 bits per heavy atom. The van der Waals surface area contributed by atoms with E-state index in [-0.39, 0.29) is 0 Å². The lowest BCUT2D eigenvalue weighted by atomic mass is 10.1. The summed E-state index contributed by atoms with van der Waals surface area (Å²) in [5, 5.41) is 0. The monoisotopic (exact) mass is 369 g/mol. The van der Waals surface area contributed by atoms with Crippen LogP contribution in [0.5, 0.6) is 11.5 Å². The van der Waals surface area contributed by atoms with Crippen LogP contribution in [0.4, 0.5) is 5.69 Å². The zero-order valence-electron chi connectivity index (χ0n) is 15.1. The minimum atomic E-state index is 0.529. The van der Waals surface area contributed by atoms with Crippen LogP contribution in [0.1, 0.15) is 29.2 Å². The highest BCUT2D eigenvalue weighted by Crippen LogP contribution is 2.45. The van der Waals surface area contributed by atoms with Crippen molar-refractivity contribution < 1.29 is 14.3 Å². The fraction of sp³-hybridized carbons (Fsp3) is 0.286. The molecule has 0 radical (unpaired) electrons. The van der Waals surface area contributed by atoms with Crippen molar-refractivity contribution in [2.45, 2.75) is 13.8 Å². The topological polar surface area (TPSA) is 38.8 Å². The highest BCUT2D eigenvalue weighted by molar-refractivity contribution is 7.14. The fourth-order valence-corrected chi connectivity index (χ4v) is 3.91. The molecule has 0 atom stereocenters. The quantitative estimate of drug-likeness (QED) is 0.522. The molecule has 1 aromatic carbocycles. The average molecular weight is 369 g/mol. The molecule has 0 spiro atoms. The molecule has 1 aliphatic heterocycles. The smallest absolute Gasteiger partial charge is 0.180 e. The van der Waals surface area contributed by atoms with Gasteiger partial charge in [0.05, 0.1) is 9.75 Å². The molecule has 2 heterocycles. The van der Waals surface area contributed by atoms with Gasteiger partial charge in [-0.05, 0) is 49.8 Å². The second-order valence-corrected chi connectivity index (χ2v) is 6.86. The zero-order chi connectivity index (χ0) is 18.4. The average Bonchev–Trinajstić information content (AvgIpc) is 3.04. The van der Waals surface area contributed by atoms with Crippen molar-refractivity contribution in [2.24, 2.45) is 0 Å². The van der Waals surface area contributed by atoms with Crippen LogP contribution < -0.4 is 14.4 Å². The Morgan fingerprint density at radius 1 is 0.962 bits per heavy atom. The van der Waals surface area contributed by atoms with Gasteiger partial charge in [0.15, 0.2) is 11.5 Å². The first kappa shape index (κ1) is 18.3. The molecule has 0 aliphatic carbocycles. The van der Waals surface area contributed by atoms with E-state index >= 15 is 0 Å². The van der Waals surface area contributed by atoms with Crippen molar-refractivity contribution in [1.82, 2.24) is 0 Å². The number of rotatable bonds is 7. The molecule has 0 N–H and O–H groups in total. The Labute approximate surface area is 158 Å². The van der Waals surface area contributed by atoms with E-state index < -0.39 is 0 Å². The lowest BCUT2D eigenvalue weighted by Crippen LogP contribution is -2.21. The maximum atomic E-state index is 10.6. The highest BCUT2D eigenvalue weighted by atomic mass is 32.1. The van der Waals surface area contributed by atoms with Crippen LogP contribution in [-0.2, 0) is 4.79 Å². The first-order valence-corrected chi connectivity index (χ1v) is 9.65. The van der Waals surface area contributed by atoms with Gasteiger partial charge in [0.25, 0.3) is 0 Å². The van der Waals surface area contributed by atoms with Gasteiger partial charge in [0.2, 0.25) is 0 Å². The molecule has 5 heteroatoms. The number of fused-ring (bicyclic) bond motifs is 1. The summed E-state index contributed by atoms with van der Waals surface area (Å²) in [7, 11) is 0. The number of carbonyl (C=O) groups excluding carboxylic acids is 1. The molecule has 0 bridgehead atoms. The van der Waals surface area contributed by atoms with Crippen LogP contribution in [0.25, 0.3) is 18.2 Å². The normalized spacial score (nSPS) is 13.5. The zero-order valence-corrected chi connectivity index (χ0v) is 15.9. The molecule has 1 aliphatic rings. The number of hydrogen-bond acceptors (Lipinski definition) is 5. The second-order valence-electron chi connectivity index (χ2n) is 5.78. The number of anilines is 1. The largest absolute Gasteiger partial charge is 0.485 e. The van der Waals surface area contributed by atoms with Crippen LogP contribution in [-0.4, -0.2) is 32.6 Å². The van der Waals surface area contributed by atoms with Crippen LogP contribution in [0.15, 0.2) is 30.3 Å². The van der Waals surface area contributed by atoms with E-state index in [0.29, 0.717) is 13.2 Å². The molecule has 0 fully saturated rings. The van der Waals surface area contributed by atoms with Crippen molar-refractivity contribution in [3.63, 3.8) is 0 Å². The van der Waals surface area contributed by atoms with Gasteiger partial charge in [-0.1, -0.05) is 18.2 Å². The first-order chi connectivity index (χ1) is 12.8. The van der Waals surface area contributed by atoms with Crippen LogP contribution in [0.2, 0.25) is 0 Å². The van der Waals surface area contributed by atoms with E-state index in [1.807, 2.05) is 6.08 Å². The molecule has 2 aromatic rings. The van der Waals surface area contributed by atoms with Gasteiger partial charge in [-0.15, -0.1) is 11.3 Å². The van der Waals surface area contributed by atoms with Crippen LogP contribution in [0, 0.1) is 0 Å². The van der Waals surface area contributed by atoms with Gasteiger partial charge in [0, 0.05) is 18.8 Å². The summed E-state index contributed by atoms with van der Waals surface area (Å²) in [5.41, 5.74) is 2.36. The first-order valence-electron chi connectivity index (χ1n) is 8.84. The lowest BCUT2D eigenvalue weighted by Gasteiger charge is -2.20. The van der Waals surface area contributed by atoms with E-state index in [1.165, 1.54) is 11.8 Å². The van der Waals surface area contributed by atoms with Gasteiger partial charge in [-0.2, -0.15) is 0 Å². The van der Waals surface area contributed by atoms with Crippen LogP contribution >= 0.6 is 11.3 Å². The summed E-state index contributed by atoms with van der Waals surface area (Å²) < 4.78 is 11.5. The van der Waals surface area contributed by atoms with Crippen molar-refractivity contribution in [3.05, 3.63) is 45.7 Å². The molecular formula is C21H23NO3S. The number of nitrogens with zero attached hydrogens (tertiary/aromatic N) is 1. The third-order valence-electron chi connectivity index (χ3n) is 4.22. The number of carbonyl (C=O) groups is 1. The molecule has 0 amide bonds. The fourth-order valence-electron chi connectivity index (χ4n) is 2.90. The second kappa shape index (κ2) is 8.72. The number of thiophene rings is 1. The lowest BCUT2D eigenvalue weighted by molar-refractivity contribution is -0.104. The molecule has 0 saturated heterocycles. The number of benzene rings is 1. The highest BCUT2D eigenvalue weighted by Gasteiger charge is 2.21. The summed E-state index contributed by atoms with van der Waals surface area (Å²) >= 11 is 1.56. The van der Waals surface area contributed by atoms with E-state index in [1.54, 1.807) is 17.4 Å². The molecule has 4 nitrogen and oxygen atoms in total. The van der Waals surface area contributed by atoms with E-state index in [9.17, 15) is 4.79 Å². The van der Waals surface area contributed by atoms with Crippen LogP contribution in [0.3, 0.4) is 0 Å². The summed E-state index contributed by atoms with van der Waals surface area (Å²) in [6.07, 6.45) is 8.12. The van der Waals surface area contributed by atoms with Crippen molar-refractivity contribution in [1.29, 1.82) is 0 Å². The molecule has 136 valence electrons. The summed E-state index contributed by atoms with van der Waals surface area (Å²) in [6, 6.07) is 8.53. The molecule has 0 unspecified atom stereocenters. The number of allylic oxidation sites excluding steroid dienone is 1. The van der Waals surface area contributed by atoms with Crippen molar-refractivity contribution in [3.8, 4) is 11.5 Å². The Bertz CT molecular complexity index is 801. The van der Waals surface area contributed by atoms with Crippen molar-refractivity contribution in [2.75, 3.05) is 31.2 Å². The van der Waals surface area contributed by atoms with Gasteiger partial charge >= 0.3 is 0 Å². The standard InChI is InChI=1S/C21H23NO3S/c1-3-22(4-2)17-10-7-16(8-11-17)9-12-19-21-20(24-14-15-25-21)18(26-19)6-5-13-23/h5-13H,3-4,14-15H2,1-2H3/b6-5+,12-9+. The summed E-state index contributed by atoms with van der Waals surface area (Å²) in [6.45, 7) is 7.40. The van der Waals surface area contributed by atoms with Crippen molar-refractivity contribution >= 4 is 41.5 Å². The number of hydrogen-bond donors (Lipinski definition) is 0. The minimum absolute atomic E-state index is 0.529. The Morgan fingerprint density at radius 2 is 1.58 bits per heavy atom. The molecular weight excluding hydrogens is 346 g/mol. The van der Waals surface area contributed by atoms with Gasteiger partial charge in [0.1, 0.15) is 19.5 Å². The van der Waals surface area contributed by atoms with E-state index in [4.69, 9.17) is 9.47 Å². The molecule has 26 heavy (non-hydrogen) atoms. The van der Waals surface area contributed by atoms with Gasteiger partial charge in [-0.25, -0.2) is 0 Å². The third kappa shape index (κ3) is 3.99. The Hall–Kier alpha value is -2.53. The van der Waals surface area contributed by atoms with E-state index in [2.05, 4.69) is 49.1 Å². The maximum absolute atomic E-state index is 10.6. The van der Waals surface area contributed by atoms with E-state index in [0.717, 1.165) is 46.2 Å². The molecule has 1 aromatic heterocycles. The van der Waals surface area contributed by atoms with Gasteiger partial charge < -0.3 is 14.4 Å². The summed E-state index contributed by atoms with van der Waals surface area (Å²) in [4.78, 5) is 14.8. The summed E-state index contributed by atoms with van der Waals surface area (Å²) in [5.74, 6) is 1.50. The number of aldehydes is 1. The molecule has 0 saturated carbocycles. The maximum Gasteiger partial charge on any atom is 0.180 e. The predicted molar refractivity (Wildman–Crippen MR) is 109 cm³/mol. The SMILES string of the molecule is CCN(CC)c1ccc(/C=C/c2sc(/C=C/C=O)c3c2OCCO3)cc1. The third-order valence-corrected chi connectivity index (χ3v) is 5.31. The predicted octanol–water partition coefficient (Wildman–Crippen LogP) is 4.75. The van der Waals surface area contributed by atoms with Gasteiger partial charge in [-0.3, -0.25) is 4.79 Å². The minimum Gasteiger partial charge on any atom is -0.485 e. The number of ether oxygens (including phenoxy) is 2. The molecule has 3 rings (SSSR count).